The molecular formula is C12H22ClN. The van der Waals surface area contributed by atoms with Crippen molar-refractivity contribution in [3.8, 4) is 0 Å². The molecule has 2 fully saturated rings. The van der Waals surface area contributed by atoms with Crippen LogP contribution in [0.4, 0.5) is 0 Å². The number of alkyl halides is 1. The van der Waals surface area contributed by atoms with Crippen LogP contribution in [0.2, 0.25) is 0 Å². The van der Waals surface area contributed by atoms with Crippen LogP contribution in [0.15, 0.2) is 0 Å². The van der Waals surface area contributed by atoms with Crippen LogP contribution in [0.25, 0.3) is 0 Å². The standard InChI is InChI=1S/C12H22ClN/c13-7-2-1-3-8-14-9-11-5-4-6-12(11)10-14/h11-12H,1-10H2. The van der Waals surface area contributed by atoms with Crippen molar-refractivity contribution in [3.63, 3.8) is 0 Å². The lowest BCUT2D eigenvalue weighted by Gasteiger charge is -2.16. The Morgan fingerprint density at radius 3 is 2.36 bits per heavy atom. The predicted octanol–water partition coefficient (Wildman–Crippen LogP) is 3.13. The fourth-order valence-corrected chi connectivity index (χ4v) is 3.31. The zero-order valence-electron chi connectivity index (χ0n) is 9.05. The number of nitrogens with zero attached hydrogens (tertiary/aromatic N) is 1. The molecule has 2 rings (SSSR count). The van der Waals surface area contributed by atoms with E-state index in [4.69, 9.17) is 11.6 Å². The highest BCUT2D eigenvalue weighted by atomic mass is 35.5. The minimum Gasteiger partial charge on any atom is -0.303 e. The van der Waals surface area contributed by atoms with Gasteiger partial charge in [0, 0.05) is 19.0 Å². The number of unbranched alkanes of at least 4 members (excludes halogenated alkanes) is 2. The first kappa shape index (κ1) is 10.8. The molecule has 0 amide bonds. The van der Waals surface area contributed by atoms with Gasteiger partial charge in [-0.25, -0.2) is 0 Å². The Morgan fingerprint density at radius 2 is 1.71 bits per heavy atom. The molecule has 1 saturated carbocycles. The zero-order valence-corrected chi connectivity index (χ0v) is 9.81. The van der Waals surface area contributed by atoms with E-state index in [0.29, 0.717) is 0 Å². The maximum absolute atomic E-state index is 5.66. The average molecular weight is 216 g/mol. The molecule has 0 aromatic rings. The molecule has 82 valence electrons. The van der Waals surface area contributed by atoms with Crippen LogP contribution in [0, 0.1) is 11.8 Å². The van der Waals surface area contributed by atoms with Crippen LogP contribution < -0.4 is 0 Å². The molecule has 1 saturated heterocycles. The Bertz CT molecular complexity index is 160. The van der Waals surface area contributed by atoms with Gasteiger partial charge in [0.15, 0.2) is 0 Å². The van der Waals surface area contributed by atoms with Crippen molar-refractivity contribution in [2.45, 2.75) is 38.5 Å². The van der Waals surface area contributed by atoms with Crippen LogP contribution in [0.3, 0.4) is 0 Å². The van der Waals surface area contributed by atoms with E-state index < -0.39 is 0 Å². The minimum atomic E-state index is 0.839. The summed E-state index contributed by atoms with van der Waals surface area (Å²) in [5.41, 5.74) is 0. The van der Waals surface area contributed by atoms with Gasteiger partial charge in [0.25, 0.3) is 0 Å². The largest absolute Gasteiger partial charge is 0.303 e. The summed E-state index contributed by atoms with van der Waals surface area (Å²) >= 11 is 5.66. The molecular weight excluding hydrogens is 194 g/mol. The third-order valence-electron chi connectivity index (χ3n) is 3.91. The Morgan fingerprint density at radius 1 is 1.00 bits per heavy atom. The molecule has 0 bridgehead atoms. The Hall–Kier alpha value is 0.250. The van der Waals surface area contributed by atoms with Crippen LogP contribution in [-0.4, -0.2) is 30.4 Å². The monoisotopic (exact) mass is 215 g/mol. The average Bonchev–Trinajstić information content (AvgIpc) is 2.72. The molecule has 14 heavy (non-hydrogen) atoms. The molecule has 0 aromatic carbocycles. The SMILES string of the molecule is ClCCCCCN1CC2CCCC2C1. The van der Waals surface area contributed by atoms with Gasteiger partial charge in [0.2, 0.25) is 0 Å². The Kier molecular flexibility index (Phi) is 4.12. The van der Waals surface area contributed by atoms with E-state index in [-0.39, 0.29) is 0 Å². The number of hydrogen-bond donors (Lipinski definition) is 0. The van der Waals surface area contributed by atoms with Crippen LogP contribution in [0.5, 0.6) is 0 Å². The van der Waals surface area contributed by atoms with E-state index in [1.165, 1.54) is 58.2 Å². The van der Waals surface area contributed by atoms with Crippen LogP contribution in [-0.2, 0) is 0 Å². The van der Waals surface area contributed by atoms with Gasteiger partial charge in [-0.2, -0.15) is 0 Å². The van der Waals surface area contributed by atoms with Gasteiger partial charge in [-0.15, -0.1) is 11.6 Å². The highest BCUT2D eigenvalue weighted by Gasteiger charge is 2.35. The number of fused-ring (bicyclic) bond motifs is 1. The second-order valence-corrected chi connectivity index (χ2v) is 5.34. The molecule has 1 aliphatic heterocycles. The first-order valence-electron chi connectivity index (χ1n) is 6.18. The highest BCUT2D eigenvalue weighted by Crippen LogP contribution is 2.37. The molecule has 1 heterocycles. The maximum atomic E-state index is 5.66. The molecule has 0 aromatic heterocycles. The summed E-state index contributed by atoms with van der Waals surface area (Å²) in [4.78, 5) is 2.68. The van der Waals surface area contributed by atoms with Gasteiger partial charge >= 0.3 is 0 Å². The summed E-state index contributed by atoms with van der Waals surface area (Å²) in [6, 6.07) is 0. The van der Waals surface area contributed by atoms with Crippen molar-refractivity contribution in [1.29, 1.82) is 0 Å². The van der Waals surface area contributed by atoms with Gasteiger partial charge in [-0.1, -0.05) is 12.8 Å². The second-order valence-electron chi connectivity index (χ2n) is 4.96. The zero-order chi connectivity index (χ0) is 9.80. The fraction of sp³-hybridized carbons (Fsp3) is 1.00. The predicted molar refractivity (Wildman–Crippen MR) is 61.8 cm³/mol. The summed E-state index contributed by atoms with van der Waals surface area (Å²) in [6.07, 6.45) is 8.37. The summed E-state index contributed by atoms with van der Waals surface area (Å²) in [5, 5.41) is 0. The summed E-state index contributed by atoms with van der Waals surface area (Å²) in [7, 11) is 0. The van der Waals surface area contributed by atoms with Crippen molar-refractivity contribution >= 4 is 11.6 Å². The first-order valence-corrected chi connectivity index (χ1v) is 6.72. The second kappa shape index (κ2) is 5.37. The third-order valence-corrected chi connectivity index (χ3v) is 4.18. The maximum Gasteiger partial charge on any atom is 0.0223 e. The molecule has 2 heteroatoms. The van der Waals surface area contributed by atoms with Gasteiger partial charge in [-0.05, 0) is 44.1 Å². The smallest absolute Gasteiger partial charge is 0.0223 e. The highest BCUT2D eigenvalue weighted by molar-refractivity contribution is 6.17. The molecule has 2 atom stereocenters. The summed E-state index contributed by atoms with van der Waals surface area (Å²) in [5.74, 6) is 2.96. The molecule has 1 nitrogen and oxygen atoms in total. The molecule has 1 aliphatic carbocycles. The Labute approximate surface area is 92.8 Å². The lowest BCUT2D eigenvalue weighted by atomic mass is 10.0. The lowest BCUT2D eigenvalue weighted by Crippen LogP contribution is -2.22. The van der Waals surface area contributed by atoms with Gasteiger partial charge < -0.3 is 4.90 Å². The van der Waals surface area contributed by atoms with Gasteiger partial charge in [0.1, 0.15) is 0 Å². The number of likely N-dealkylation sites (tertiary alicyclic amines) is 1. The van der Waals surface area contributed by atoms with Crippen molar-refractivity contribution in [2.24, 2.45) is 11.8 Å². The quantitative estimate of drug-likeness (QED) is 0.503. The fourth-order valence-electron chi connectivity index (χ4n) is 3.12. The third kappa shape index (κ3) is 2.64. The van der Waals surface area contributed by atoms with Crippen molar-refractivity contribution in [1.82, 2.24) is 4.90 Å². The normalized spacial score (nSPS) is 32.4. The van der Waals surface area contributed by atoms with Gasteiger partial charge in [-0.3, -0.25) is 0 Å². The van der Waals surface area contributed by atoms with Crippen molar-refractivity contribution < 1.29 is 0 Å². The number of rotatable bonds is 5. The molecule has 0 spiro atoms. The van der Waals surface area contributed by atoms with E-state index in [9.17, 15) is 0 Å². The topological polar surface area (TPSA) is 3.24 Å². The van der Waals surface area contributed by atoms with E-state index >= 15 is 0 Å². The van der Waals surface area contributed by atoms with E-state index in [1.54, 1.807) is 0 Å². The Balaban J connectivity index is 1.60. The minimum absolute atomic E-state index is 0.839. The first-order chi connectivity index (χ1) is 6.90. The van der Waals surface area contributed by atoms with Crippen LogP contribution >= 0.6 is 11.6 Å². The van der Waals surface area contributed by atoms with E-state index in [1.807, 2.05) is 0 Å². The lowest BCUT2D eigenvalue weighted by molar-refractivity contribution is 0.304. The van der Waals surface area contributed by atoms with Crippen molar-refractivity contribution in [3.05, 3.63) is 0 Å². The molecule has 2 aliphatic rings. The van der Waals surface area contributed by atoms with Crippen LogP contribution in [0.1, 0.15) is 38.5 Å². The molecule has 0 N–H and O–H groups in total. The molecule has 0 radical (unpaired) electrons. The summed E-state index contributed by atoms with van der Waals surface area (Å²) < 4.78 is 0. The van der Waals surface area contributed by atoms with Crippen molar-refractivity contribution in [2.75, 3.05) is 25.5 Å². The van der Waals surface area contributed by atoms with Gasteiger partial charge in [0.05, 0.1) is 0 Å². The van der Waals surface area contributed by atoms with E-state index in [2.05, 4.69) is 4.90 Å². The molecule has 2 unspecified atom stereocenters. The van der Waals surface area contributed by atoms with E-state index in [0.717, 1.165) is 17.7 Å². The number of halogens is 1. The number of hydrogen-bond acceptors (Lipinski definition) is 1. The summed E-state index contributed by atoms with van der Waals surface area (Å²) in [6.45, 7) is 4.11.